The fourth-order valence-electron chi connectivity index (χ4n) is 1.95. The minimum atomic E-state index is 0.432. The Hall–Kier alpha value is -2.03. The third-order valence-corrected chi connectivity index (χ3v) is 2.86. The summed E-state index contributed by atoms with van der Waals surface area (Å²) >= 11 is 0. The molecule has 2 aromatic rings. The second kappa shape index (κ2) is 6.23. The van der Waals surface area contributed by atoms with E-state index in [1.807, 2.05) is 24.3 Å². The molecule has 2 rings (SSSR count). The minimum absolute atomic E-state index is 0.432. The van der Waals surface area contributed by atoms with Crippen LogP contribution in [0.25, 0.3) is 0 Å². The first-order valence-electron chi connectivity index (χ1n) is 6.66. The number of rotatable bonds is 5. The van der Waals surface area contributed by atoms with E-state index in [2.05, 4.69) is 37.1 Å². The molecule has 0 unspecified atom stereocenters. The number of para-hydroxylation sites is 1. The van der Waals surface area contributed by atoms with Crippen molar-refractivity contribution in [3.05, 3.63) is 48.3 Å². The average Bonchev–Trinajstić information content (AvgIpc) is 2.40. The molecule has 0 saturated carbocycles. The van der Waals surface area contributed by atoms with Crippen LogP contribution in [0.5, 0.6) is 11.5 Å². The Morgan fingerprint density at radius 1 is 1.21 bits per heavy atom. The zero-order valence-electron chi connectivity index (χ0n) is 11.7. The lowest BCUT2D eigenvalue weighted by molar-refractivity contribution is 0.471. The molecule has 0 spiro atoms. The first-order valence-corrected chi connectivity index (χ1v) is 6.66. The first kappa shape index (κ1) is 13.4. The third kappa shape index (κ3) is 3.47. The van der Waals surface area contributed by atoms with Crippen LogP contribution in [0.4, 0.5) is 5.69 Å². The molecule has 1 aromatic carbocycles. The van der Waals surface area contributed by atoms with Crippen LogP contribution >= 0.6 is 0 Å². The summed E-state index contributed by atoms with van der Waals surface area (Å²) in [5.41, 5.74) is 2.18. The lowest BCUT2D eigenvalue weighted by Crippen LogP contribution is -1.98. The van der Waals surface area contributed by atoms with Gasteiger partial charge in [-0.05, 0) is 24.5 Å². The maximum Gasteiger partial charge on any atom is 0.147 e. The molecule has 0 fully saturated rings. The van der Waals surface area contributed by atoms with Gasteiger partial charge in [0, 0.05) is 12.6 Å². The molecule has 0 bridgehead atoms. The quantitative estimate of drug-likeness (QED) is 0.859. The SMILES string of the molecule is CCNc1cncc(Oc2ccccc2C(C)C)c1. The topological polar surface area (TPSA) is 34.2 Å². The molecule has 3 heteroatoms. The van der Waals surface area contributed by atoms with Gasteiger partial charge < -0.3 is 10.1 Å². The second-order valence-corrected chi connectivity index (χ2v) is 4.73. The molecular formula is C16H20N2O. The van der Waals surface area contributed by atoms with E-state index in [0.29, 0.717) is 5.92 Å². The predicted octanol–water partition coefficient (Wildman–Crippen LogP) is 4.43. The molecule has 0 amide bonds. The van der Waals surface area contributed by atoms with Crippen LogP contribution in [0.2, 0.25) is 0 Å². The highest BCUT2D eigenvalue weighted by molar-refractivity contribution is 5.47. The van der Waals surface area contributed by atoms with E-state index in [1.54, 1.807) is 12.4 Å². The van der Waals surface area contributed by atoms with Gasteiger partial charge in [0.1, 0.15) is 11.5 Å². The number of pyridine rings is 1. The van der Waals surface area contributed by atoms with Gasteiger partial charge in [0.05, 0.1) is 18.1 Å². The maximum absolute atomic E-state index is 5.96. The normalized spacial score (nSPS) is 10.5. The zero-order valence-corrected chi connectivity index (χ0v) is 11.7. The number of hydrogen-bond donors (Lipinski definition) is 1. The summed E-state index contributed by atoms with van der Waals surface area (Å²) in [4.78, 5) is 4.19. The molecule has 0 aliphatic rings. The summed E-state index contributed by atoms with van der Waals surface area (Å²) in [6, 6.07) is 10.1. The zero-order chi connectivity index (χ0) is 13.7. The van der Waals surface area contributed by atoms with Crippen molar-refractivity contribution in [2.24, 2.45) is 0 Å². The van der Waals surface area contributed by atoms with Crippen molar-refractivity contribution in [3.8, 4) is 11.5 Å². The summed E-state index contributed by atoms with van der Waals surface area (Å²) < 4.78 is 5.96. The van der Waals surface area contributed by atoms with Crippen molar-refractivity contribution < 1.29 is 4.74 Å². The van der Waals surface area contributed by atoms with E-state index in [4.69, 9.17) is 4.74 Å². The van der Waals surface area contributed by atoms with Gasteiger partial charge >= 0.3 is 0 Å². The molecule has 1 heterocycles. The lowest BCUT2D eigenvalue weighted by atomic mass is 10.0. The lowest BCUT2D eigenvalue weighted by Gasteiger charge is -2.14. The van der Waals surface area contributed by atoms with Crippen LogP contribution in [0, 0.1) is 0 Å². The number of aromatic nitrogens is 1. The van der Waals surface area contributed by atoms with Gasteiger partial charge in [0.2, 0.25) is 0 Å². The van der Waals surface area contributed by atoms with Crippen LogP contribution in [0.15, 0.2) is 42.7 Å². The highest BCUT2D eigenvalue weighted by Crippen LogP contribution is 2.30. The number of hydrogen-bond acceptors (Lipinski definition) is 3. The van der Waals surface area contributed by atoms with Gasteiger partial charge in [-0.2, -0.15) is 0 Å². The standard InChI is InChI=1S/C16H20N2O/c1-4-18-13-9-14(11-17-10-13)19-16-8-6-5-7-15(16)12(2)3/h5-12,18H,4H2,1-3H3. The third-order valence-electron chi connectivity index (χ3n) is 2.86. The summed E-state index contributed by atoms with van der Waals surface area (Å²) in [5, 5.41) is 3.23. The second-order valence-electron chi connectivity index (χ2n) is 4.73. The van der Waals surface area contributed by atoms with E-state index in [-0.39, 0.29) is 0 Å². The fourth-order valence-corrected chi connectivity index (χ4v) is 1.95. The molecule has 1 aromatic heterocycles. The minimum Gasteiger partial charge on any atom is -0.455 e. The average molecular weight is 256 g/mol. The van der Waals surface area contributed by atoms with Gasteiger partial charge in [-0.3, -0.25) is 4.98 Å². The molecule has 0 aliphatic heterocycles. The maximum atomic E-state index is 5.96. The molecule has 0 radical (unpaired) electrons. The van der Waals surface area contributed by atoms with Crippen LogP contribution < -0.4 is 10.1 Å². The fraction of sp³-hybridized carbons (Fsp3) is 0.312. The van der Waals surface area contributed by atoms with Crippen LogP contribution in [-0.2, 0) is 0 Å². The molecule has 0 aliphatic carbocycles. The van der Waals surface area contributed by atoms with Crippen molar-refractivity contribution in [2.45, 2.75) is 26.7 Å². The number of ether oxygens (including phenoxy) is 1. The van der Waals surface area contributed by atoms with Crippen molar-refractivity contribution in [1.82, 2.24) is 4.98 Å². The Kier molecular flexibility index (Phi) is 4.39. The first-order chi connectivity index (χ1) is 9.20. The van der Waals surface area contributed by atoms with E-state index >= 15 is 0 Å². The van der Waals surface area contributed by atoms with Crippen molar-refractivity contribution in [2.75, 3.05) is 11.9 Å². The van der Waals surface area contributed by atoms with E-state index in [1.165, 1.54) is 5.56 Å². The highest BCUT2D eigenvalue weighted by Gasteiger charge is 2.08. The van der Waals surface area contributed by atoms with Gasteiger partial charge in [-0.25, -0.2) is 0 Å². The summed E-state index contributed by atoms with van der Waals surface area (Å²) in [7, 11) is 0. The van der Waals surface area contributed by atoms with Crippen LogP contribution in [0.3, 0.4) is 0 Å². The van der Waals surface area contributed by atoms with Gasteiger partial charge in [0.25, 0.3) is 0 Å². The number of nitrogens with zero attached hydrogens (tertiary/aromatic N) is 1. The molecule has 19 heavy (non-hydrogen) atoms. The van der Waals surface area contributed by atoms with Gasteiger partial charge in [-0.1, -0.05) is 32.0 Å². The Morgan fingerprint density at radius 3 is 2.74 bits per heavy atom. The highest BCUT2D eigenvalue weighted by atomic mass is 16.5. The Labute approximate surface area is 114 Å². The Bertz CT molecular complexity index is 538. The summed E-state index contributed by atoms with van der Waals surface area (Å²) in [5.74, 6) is 2.08. The molecule has 3 nitrogen and oxygen atoms in total. The number of anilines is 1. The Balaban J connectivity index is 2.23. The van der Waals surface area contributed by atoms with Crippen molar-refractivity contribution in [3.63, 3.8) is 0 Å². The molecule has 100 valence electrons. The van der Waals surface area contributed by atoms with E-state index in [9.17, 15) is 0 Å². The molecule has 0 saturated heterocycles. The molecular weight excluding hydrogens is 236 g/mol. The van der Waals surface area contributed by atoms with Gasteiger partial charge in [-0.15, -0.1) is 0 Å². The monoisotopic (exact) mass is 256 g/mol. The van der Waals surface area contributed by atoms with Crippen LogP contribution in [-0.4, -0.2) is 11.5 Å². The largest absolute Gasteiger partial charge is 0.455 e. The van der Waals surface area contributed by atoms with Gasteiger partial charge in [0.15, 0.2) is 0 Å². The summed E-state index contributed by atoms with van der Waals surface area (Å²) in [6.07, 6.45) is 3.53. The van der Waals surface area contributed by atoms with Crippen molar-refractivity contribution >= 4 is 5.69 Å². The van der Waals surface area contributed by atoms with Crippen molar-refractivity contribution in [1.29, 1.82) is 0 Å². The molecule has 1 N–H and O–H groups in total. The Morgan fingerprint density at radius 2 is 2.00 bits per heavy atom. The number of nitrogens with one attached hydrogen (secondary N) is 1. The number of benzene rings is 1. The summed E-state index contributed by atoms with van der Waals surface area (Å²) in [6.45, 7) is 7.25. The predicted molar refractivity (Wildman–Crippen MR) is 79.0 cm³/mol. The van der Waals surface area contributed by atoms with Crippen LogP contribution in [0.1, 0.15) is 32.3 Å². The van der Waals surface area contributed by atoms with E-state index < -0.39 is 0 Å². The molecule has 0 atom stereocenters. The smallest absolute Gasteiger partial charge is 0.147 e. The van der Waals surface area contributed by atoms with E-state index in [0.717, 1.165) is 23.7 Å².